The van der Waals surface area contributed by atoms with Gasteiger partial charge in [0.15, 0.2) is 5.82 Å². The molecule has 5 aromatic rings. The van der Waals surface area contributed by atoms with E-state index in [4.69, 9.17) is 4.42 Å². The van der Waals surface area contributed by atoms with Crippen molar-refractivity contribution in [3.63, 3.8) is 0 Å². The molecule has 5 rings (SSSR count). The number of nitrogens with one attached hydrogen (secondary N) is 1. The molecule has 6 heteroatoms. The highest BCUT2D eigenvalue weighted by atomic mass is 19.1. The van der Waals surface area contributed by atoms with E-state index >= 15 is 0 Å². The Kier molecular flexibility index (Phi) is 5.36. The number of anilines is 2. The molecule has 0 aliphatic carbocycles. The molecule has 0 saturated heterocycles. The van der Waals surface area contributed by atoms with Gasteiger partial charge in [0.05, 0.1) is 5.69 Å². The highest BCUT2D eigenvalue weighted by molar-refractivity contribution is 5.89. The van der Waals surface area contributed by atoms with Gasteiger partial charge in [0.25, 0.3) is 0 Å². The van der Waals surface area contributed by atoms with Gasteiger partial charge >= 0.3 is 0 Å². The number of hydrogen-bond donors (Lipinski definition) is 1. The average Bonchev–Trinajstić information content (AvgIpc) is 3.24. The van der Waals surface area contributed by atoms with Gasteiger partial charge in [0.1, 0.15) is 23.2 Å². The lowest BCUT2D eigenvalue weighted by Crippen LogP contribution is -1.97. The molecule has 0 aliphatic heterocycles. The lowest BCUT2D eigenvalue weighted by atomic mass is 9.98. The second-order valence-corrected chi connectivity index (χ2v) is 7.29. The summed E-state index contributed by atoms with van der Waals surface area (Å²) in [6.45, 7) is 0. The van der Waals surface area contributed by atoms with Crippen LogP contribution in [0.5, 0.6) is 0 Å². The predicted molar refractivity (Wildman–Crippen MR) is 125 cm³/mol. The Morgan fingerprint density at radius 1 is 0.727 bits per heavy atom. The van der Waals surface area contributed by atoms with Crippen LogP contribution in [-0.2, 0) is 0 Å². The van der Waals surface area contributed by atoms with Crippen LogP contribution in [0.15, 0.2) is 101 Å². The molecule has 158 valence electrons. The number of hydrogen-bond acceptors (Lipinski definition) is 5. The van der Waals surface area contributed by atoms with Crippen molar-refractivity contribution in [3.05, 3.63) is 108 Å². The van der Waals surface area contributed by atoms with Gasteiger partial charge in [-0.2, -0.15) is 5.26 Å². The lowest BCUT2D eigenvalue weighted by Gasteiger charge is -2.04. The maximum Gasteiger partial charge on any atom is 0.217 e. The number of halogens is 1. The molecule has 0 saturated carbocycles. The van der Waals surface area contributed by atoms with Crippen LogP contribution in [0.2, 0.25) is 0 Å². The summed E-state index contributed by atoms with van der Waals surface area (Å²) in [6.07, 6.45) is 0. The van der Waals surface area contributed by atoms with E-state index in [1.54, 1.807) is 24.3 Å². The first-order valence-corrected chi connectivity index (χ1v) is 10.3. The maximum atomic E-state index is 13.2. The summed E-state index contributed by atoms with van der Waals surface area (Å²) in [5, 5.41) is 21.5. The van der Waals surface area contributed by atoms with E-state index in [0.29, 0.717) is 34.3 Å². The molecule has 0 amide bonds. The number of nitriles is 1. The zero-order chi connectivity index (χ0) is 22.6. The summed E-state index contributed by atoms with van der Waals surface area (Å²) >= 11 is 0. The number of furan rings is 1. The summed E-state index contributed by atoms with van der Waals surface area (Å²) in [5.41, 5.74) is 4.19. The Bertz CT molecular complexity index is 1420. The van der Waals surface area contributed by atoms with Crippen LogP contribution in [0, 0.1) is 17.1 Å². The molecule has 0 aliphatic rings. The number of benzene rings is 3. The van der Waals surface area contributed by atoms with Crippen LogP contribution in [0.25, 0.3) is 33.7 Å². The summed E-state index contributed by atoms with van der Waals surface area (Å²) in [6, 6.07) is 31.1. The first-order chi connectivity index (χ1) is 16.2. The van der Waals surface area contributed by atoms with Gasteiger partial charge in [-0.1, -0.05) is 60.7 Å². The molecule has 0 unspecified atom stereocenters. The normalized spacial score (nSPS) is 10.5. The largest absolute Gasteiger partial charge is 0.438 e. The van der Waals surface area contributed by atoms with Crippen LogP contribution in [-0.4, -0.2) is 10.2 Å². The fourth-order valence-corrected chi connectivity index (χ4v) is 3.59. The predicted octanol–water partition coefficient (Wildman–Crippen LogP) is 6.82. The first kappa shape index (κ1) is 20.2. The second-order valence-electron chi connectivity index (χ2n) is 7.29. The van der Waals surface area contributed by atoms with Gasteiger partial charge in [0, 0.05) is 16.7 Å². The van der Waals surface area contributed by atoms with E-state index < -0.39 is 0 Å². The summed E-state index contributed by atoms with van der Waals surface area (Å²) < 4.78 is 19.3. The third-order valence-electron chi connectivity index (χ3n) is 5.16. The quantitative estimate of drug-likeness (QED) is 0.330. The molecular weight excluding hydrogens is 415 g/mol. The van der Waals surface area contributed by atoms with E-state index in [2.05, 4.69) is 21.6 Å². The van der Waals surface area contributed by atoms with E-state index in [-0.39, 0.29) is 5.82 Å². The molecular formula is C27H17FN4O. The molecule has 0 radical (unpaired) electrons. The van der Waals surface area contributed by atoms with Gasteiger partial charge in [-0.05, 0) is 42.0 Å². The number of rotatable bonds is 5. The Labute approximate surface area is 189 Å². The molecule has 2 heterocycles. The van der Waals surface area contributed by atoms with Crippen LogP contribution < -0.4 is 5.32 Å². The monoisotopic (exact) mass is 432 g/mol. The highest BCUT2D eigenvalue weighted by Crippen LogP contribution is 2.42. The molecule has 5 nitrogen and oxygen atoms in total. The van der Waals surface area contributed by atoms with E-state index in [0.717, 1.165) is 16.7 Å². The minimum atomic E-state index is -0.310. The van der Waals surface area contributed by atoms with Crippen molar-refractivity contribution in [1.29, 1.82) is 5.26 Å². The first-order valence-electron chi connectivity index (χ1n) is 10.3. The number of aromatic nitrogens is 2. The molecule has 0 fully saturated rings. The zero-order valence-corrected chi connectivity index (χ0v) is 17.4. The fourth-order valence-electron chi connectivity index (χ4n) is 3.59. The minimum Gasteiger partial charge on any atom is -0.438 e. The van der Waals surface area contributed by atoms with Crippen molar-refractivity contribution >= 4 is 11.7 Å². The standard InChI is InChI=1S/C27H17FN4O/c28-21-13-11-18(12-14-21)23-15-16-24(32-31-23)30-27-22(17-29)25(19-7-3-1-4-8-19)26(33-27)20-9-5-2-6-10-20/h1-16H,(H,30,32). The SMILES string of the molecule is N#Cc1c(Nc2ccc(-c3ccc(F)cc3)nn2)oc(-c2ccccc2)c1-c1ccccc1. The van der Waals surface area contributed by atoms with Gasteiger partial charge in [-0.25, -0.2) is 4.39 Å². The van der Waals surface area contributed by atoms with Crippen molar-refractivity contribution < 1.29 is 8.81 Å². The van der Waals surface area contributed by atoms with E-state index in [1.807, 2.05) is 60.7 Å². The minimum absolute atomic E-state index is 0.291. The Hall–Kier alpha value is -4.76. The molecule has 0 atom stereocenters. The van der Waals surface area contributed by atoms with Crippen molar-refractivity contribution in [2.45, 2.75) is 0 Å². The fraction of sp³-hybridized carbons (Fsp3) is 0. The summed E-state index contributed by atoms with van der Waals surface area (Å²) in [5.74, 6) is 0.997. The molecule has 33 heavy (non-hydrogen) atoms. The van der Waals surface area contributed by atoms with Crippen molar-refractivity contribution in [3.8, 4) is 39.8 Å². The Morgan fingerprint density at radius 2 is 1.39 bits per heavy atom. The van der Waals surface area contributed by atoms with Gasteiger partial charge in [0.2, 0.25) is 5.88 Å². The van der Waals surface area contributed by atoms with Gasteiger partial charge in [-0.15, -0.1) is 10.2 Å². The third kappa shape index (κ3) is 4.08. The van der Waals surface area contributed by atoms with Crippen molar-refractivity contribution in [2.24, 2.45) is 0 Å². The topological polar surface area (TPSA) is 74.7 Å². The van der Waals surface area contributed by atoms with Crippen LogP contribution >= 0.6 is 0 Å². The second kappa shape index (κ2) is 8.77. The number of nitrogens with zero attached hydrogens (tertiary/aromatic N) is 3. The van der Waals surface area contributed by atoms with Crippen LogP contribution in [0.3, 0.4) is 0 Å². The van der Waals surface area contributed by atoms with E-state index in [9.17, 15) is 9.65 Å². The Morgan fingerprint density at radius 3 is 2.00 bits per heavy atom. The van der Waals surface area contributed by atoms with Crippen molar-refractivity contribution in [1.82, 2.24) is 10.2 Å². The average molecular weight is 432 g/mol. The van der Waals surface area contributed by atoms with Gasteiger partial charge in [-0.3, -0.25) is 0 Å². The summed E-state index contributed by atoms with van der Waals surface area (Å²) in [4.78, 5) is 0. The summed E-state index contributed by atoms with van der Waals surface area (Å²) in [7, 11) is 0. The Balaban J connectivity index is 1.54. The van der Waals surface area contributed by atoms with E-state index in [1.165, 1.54) is 12.1 Å². The lowest BCUT2D eigenvalue weighted by molar-refractivity contribution is 0.599. The van der Waals surface area contributed by atoms with Crippen LogP contribution in [0.4, 0.5) is 16.1 Å². The highest BCUT2D eigenvalue weighted by Gasteiger charge is 2.23. The maximum absolute atomic E-state index is 13.2. The molecule has 3 aromatic carbocycles. The zero-order valence-electron chi connectivity index (χ0n) is 17.4. The van der Waals surface area contributed by atoms with Crippen LogP contribution in [0.1, 0.15) is 5.56 Å². The third-order valence-corrected chi connectivity index (χ3v) is 5.16. The molecule has 2 aromatic heterocycles. The molecule has 1 N–H and O–H groups in total. The molecule has 0 spiro atoms. The molecule has 0 bridgehead atoms. The van der Waals surface area contributed by atoms with Gasteiger partial charge < -0.3 is 9.73 Å². The van der Waals surface area contributed by atoms with Crippen molar-refractivity contribution in [2.75, 3.05) is 5.32 Å². The smallest absolute Gasteiger partial charge is 0.217 e.